The fourth-order valence-corrected chi connectivity index (χ4v) is 4.41. The van der Waals surface area contributed by atoms with E-state index in [9.17, 15) is 14.4 Å². The standard InChI is InChI=1S/C29H25Cl2N5O4/c1-17-6-9-20-4-3-5-24(29(20)34-17)40-16-21-22(30)10-11-23(28(21)31)36(27(39)14-32)26(38)13-8-19-7-12-25(33-15-19)35-18(2)37/h3-13,15H,14,16,32H2,1-2H3,(H,33,35,37)/b13-8+. The van der Waals surface area contributed by atoms with Crippen molar-refractivity contribution >= 4 is 69.4 Å². The minimum absolute atomic E-state index is 0.0404. The van der Waals surface area contributed by atoms with Gasteiger partial charge in [0.05, 0.1) is 17.3 Å². The molecule has 0 aliphatic heterocycles. The summed E-state index contributed by atoms with van der Waals surface area (Å²) in [5, 5.41) is 3.84. The zero-order chi connectivity index (χ0) is 28.8. The highest BCUT2D eigenvalue weighted by Gasteiger charge is 2.25. The van der Waals surface area contributed by atoms with Crippen LogP contribution in [-0.4, -0.2) is 34.2 Å². The van der Waals surface area contributed by atoms with Crippen molar-refractivity contribution in [2.45, 2.75) is 20.5 Å². The van der Waals surface area contributed by atoms with Crippen LogP contribution in [0.15, 0.2) is 66.9 Å². The molecule has 3 N–H and O–H groups in total. The first-order valence-electron chi connectivity index (χ1n) is 12.1. The monoisotopic (exact) mass is 577 g/mol. The van der Waals surface area contributed by atoms with Crippen molar-refractivity contribution in [3.05, 3.63) is 93.7 Å². The average Bonchev–Trinajstić information content (AvgIpc) is 2.93. The van der Waals surface area contributed by atoms with Crippen LogP contribution in [-0.2, 0) is 21.0 Å². The van der Waals surface area contributed by atoms with Gasteiger partial charge in [-0.05, 0) is 55.0 Å². The minimum Gasteiger partial charge on any atom is -0.487 e. The number of amides is 3. The topological polar surface area (TPSA) is 128 Å². The molecule has 3 amide bonds. The number of hydrogen-bond acceptors (Lipinski definition) is 7. The fraction of sp³-hybridized carbons (Fsp3) is 0.138. The van der Waals surface area contributed by atoms with Gasteiger partial charge in [-0.1, -0.05) is 41.4 Å². The van der Waals surface area contributed by atoms with E-state index in [1.54, 1.807) is 18.2 Å². The van der Waals surface area contributed by atoms with Crippen LogP contribution < -0.4 is 20.7 Å². The summed E-state index contributed by atoms with van der Waals surface area (Å²) in [6.07, 6.45) is 4.15. The Morgan fingerprint density at radius 1 is 1.07 bits per heavy atom. The van der Waals surface area contributed by atoms with Crippen LogP contribution in [0.4, 0.5) is 11.5 Å². The van der Waals surface area contributed by atoms with E-state index >= 15 is 0 Å². The number of imide groups is 1. The number of rotatable bonds is 8. The van der Waals surface area contributed by atoms with Gasteiger partial charge >= 0.3 is 0 Å². The lowest BCUT2D eigenvalue weighted by atomic mass is 10.1. The Bertz CT molecular complexity index is 1620. The lowest BCUT2D eigenvalue weighted by Crippen LogP contribution is -2.40. The third kappa shape index (κ3) is 6.63. The Labute approximate surface area is 240 Å². The van der Waals surface area contributed by atoms with E-state index in [4.69, 9.17) is 33.7 Å². The average molecular weight is 578 g/mol. The quantitative estimate of drug-likeness (QED) is 0.271. The first-order valence-corrected chi connectivity index (χ1v) is 12.9. The van der Waals surface area contributed by atoms with E-state index in [0.29, 0.717) is 33.2 Å². The summed E-state index contributed by atoms with van der Waals surface area (Å²) in [5.74, 6) is -0.695. The molecule has 0 radical (unpaired) electrons. The number of carbonyl (C=O) groups is 3. The Morgan fingerprint density at radius 3 is 2.58 bits per heavy atom. The SMILES string of the molecule is CC(=O)Nc1ccc(/C=C/C(=O)N(C(=O)CN)c2ccc(Cl)c(COc3cccc4ccc(C)nc34)c2Cl)cn1. The summed E-state index contributed by atoms with van der Waals surface area (Å²) in [4.78, 5) is 46.7. The summed E-state index contributed by atoms with van der Waals surface area (Å²) < 4.78 is 6.05. The Kier molecular flexibility index (Phi) is 9.11. The first-order chi connectivity index (χ1) is 19.2. The maximum Gasteiger partial charge on any atom is 0.257 e. The van der Waals surface area contributed by atoms with E-state index in [1.807, 2.05) is 31.2 Å². The number of carbonyl (C=O) groups excluding carboxylic acids is 3. The summed E-state index contributed by atoms with van der Waals surface area (Å²) in [6.45, 7) is 2.79. The Hall–Kier alpha value is -4.31. The second-order valence-corrected chi connectivity index (χ2v) is 9.48. The van der Waals surface area contributed by atoms with Gasteiger partial charge in [0.15, 0.2) is 0 Å². The summed E-state index contributed by atoms with van der Waals surface area (Å²) in [6, 6.07) is 15.7. The number of ether oxygens (including phenoxy) is 1. The molecule has 0 saturated heterocycles. The molecule has 0 unspecified atom stereocenters. The van der Waals surface area contributed by atoms with E-state index in [0.717, 1.165) is 16.0 Å². The molecule has 2 aromatic carbocycles. The van der Waals surface area contributed by atoms with Crippen LogP contribution in [0.25, 0.3) is 17.0 Å². The lowest BCUT2D eigenvalue weighted by molar-refractivity contribution is -0.123. The molecule has 0 bridgehead atoms. The predicted molar refractivity (Wildman–Crippen MR) is 156 cm³/mol. The van der Waals surface area contributed by atoms with Crippen LogP contribution >= 0.6 is 23.2 Å². The highest BCUT2D eigenvalue weighted by atomic mass is 35.5. The first kappa shape index (κ1) is 28.7. The van der Waals surface area contributed by atoms with Gasteiger partial charge in [0, 0.05) is 40.9 Å². The van der Waals surface area contributed by atoms with E-state index in [2.05, 4.69) is 15.3 Å². The number of aryl methyl sites for hydroxylation is 1. The smallest absolute Gasteiger partial charge is 0.257 e. The summed E-state index contributed by atoms with van der Waals surface area (Å²) in [5.41, 5.74) is 8.20. The highest BCUT2D eigenvalue weighted by molar-refractivity contribution is 6.39. The molecule has 4 aromatic rings. The van der Waals surface area contributed by atoms with Gasteiger partial charge < -0.3 is 15.8 Å². The Balaban J connectivity index is 1.60. The lowest BCUT2D eigenvalue weighted by Gasteiger charge is -2.22. The molecule has 4 rings (SSSR count). The second kappa shape index (κ2) is 12.7. The molecular formula is C29H25Cl2N5O4. The Morgan fingerprint density at radius 2 is 1.88 bits per heavy atom. The number of nitrogens with one attached hydrogen (secondary N) is 1. The fourth-order valence-electron chi connectivity index (χ4n) is 3.84. The van der Waals surface area contributed by atoms with Gasteiger partial charge in [0.25, 0.3) is 5.91 Å². The molecule has 0 aliphatic carbocycles. The largest absolute Gasteiger partial charge is 0.487 e. The summed E-state index contributed by atoms with van der Waals surface area (Å²) >= 11 is 13.2. The van der Waals surface area contributed by atoms with Crippen molar-refractivity contribution in [3.8, 4) is 5.75 Å². The third-order valence-corrected chi connectivity index (χ3v) is 6.53. The molecule has 0 aliphatic rings. The number of aromatic nitrogens is 2. The van der Waals surface area contributed by atoms with Crippen molar-refractivity contribution < 1.29 is 19.1 Å². The van der Waals surface area contributed by atoms with Crippen molar-refractivity contribution in [3.63, 3.8) is 0 Å². The number of fused-ring (bicyclic) bond motifs is 1. The van der Waals surface area contributed by atoms with Crippen molar-refractivity contribution in [2.24, 2.45) is 5.73 Å². The second-order valence-electron chi connectivity index (χ2n) is 8.69. The van der Waals surface area contributed by atoms with Crippen molar-refractivity contribution in [1.82, 2.24) is 9.97 Å². The van der Waals surface area contributed by atoms with Crippen LogP contribution in [0.1, 0.15) is 23.7 Å². The number of hydrogen-bond donors (Lipinski definition) is 2. The van der Waals surface area contributed by atoms with Crippen molar-refractivity contribution in [2.75, 3.05) is 16.8 Å². The number of pyridine rings is 2. The van der Waals surface area contributed by atoms with E-state index in [1.165, 1.54) is 37.4 Å². The molecule has 2 aromatic heterocycles. The van der Waals surface area contributed by atoms with Crippen LogP contribution in [0.5, 0.6) is 5.75 Å². The zero-order valence-electron chi connectivity index (χ0n) is 21.7. The zero-order valence-corrected chi connectivity index (χ0v) is 23.2. The van der Waals surface area contributed by atoms with E-state index in [-0.39, 0.29) is 23.2 Å². The number of nitrogens with zero attached hydrogens (tertiary/aromatic N) is 3. The summed E-state index contributed by atoms with van der Waals surface area (Å²) in [7, 11) is 0. The molecule has 0 spiro atoms. The number of nitrogens with two attached hydrogens (primary N) is 1. The third-order valence-electron chi connectivity index (χ3n) is 5.75. The molecular weight excluding hydrogens is 553 g/mol. The minimum atomic E-state index is -0.675. The van der Waals surface area contributed by atoms with Gasteiger partial charge in [0.1, 0.15) is 23.7 Å². The molecule has 204 valence electrons. The maximum absolute atomic E-state index is 13.2. The number of para-hydroxylation sites is 1. The van der Waals surface area contributed by atoms with Gasteiger partial charge in [-0.2, -0.15) is 0 Å². The van der Waals surface area contributed by atoms with Gasteiger partial charge in [-0.3, -0.25) is 14.4 Å². The van der Waals surface area contributed by atoms with Gasteiger partial charge in [0.2, 0.25) is 11.8 Å². The molecule has 9 nitrogen and oxygen atoms in total. The van der Waals surface area contributed by atoms with Gasteiger partial charge in [-0.15, -0.1) is 0 Å². The van der Waals surface area contributed by atoms with Crippen LogP contribution in [0.2, 0.25) is 10.0 Å². The maximum atomic E-state index is 13.2. The normalized spacial score (nSPS) is 11.0. The van der Waals surface area contributed by atoms with Crippen molar-refractivity contribution in [1.29, 1.82) is 0 Å². The number of halogens is 2. The van der Waals surface area contributed by atoms with E-state index < -0.39 is 18.4 Å². The molecule has 0 fully saturated rings. The number of benzene rings is 2. The highest BCUT2D eigenvalue weighted by Crippen LogP contribution is 2.36. The molecule has 2 heterocycles. The molecule has 40 heavy (non-hydrogen) atoms. The molecule has 0 atom stereocenters. The number of anilines is 2. The van der Waals surface area contributed by atoms with Gasteiger partial charge in [-0.25, -0.2) is 14.9 Å². The van der Waals surface area contributed by atoms with Crippen LogP contribution in [0, 0.1) is 6.92 Å². The molecule has 11 heteroatoms. The predicted octanol–water partition coefficient (Wildman–Crippen LogP) is 5.31. The molecule has 0 saturated carbocycles. The van der Waals surface area contributed by atoms with Crippen LogP contribution in [0.3, 0.4) is 0 Å².